The molecule has 3 aromatic heterocycles. The second-order valence-corrected chi connectivity index (χ2v) is 9.16. The van der Waals surface area contributed by atoms with E-state index in [1.54, 1.807) is 34.5 Å². The molecule has 1 atom stereocenters. The Morgan fingerprint density at radius 2 is 2.16 bits per heavy atom. The molecule has 5 rings (SSSR count). The summed E-state index contributed by atoms with van der Waals surface area (Å²) in [6.45, 7) is 3.07. The summed E-state index contributed by atoms with van der Waals surface area (Å²) >= 11 is 1.62. The molecule has 1 aromatic carbocycles. The van der Waals surface area contributed by atoms with Crippen molar-refractivity contribution >= 4 is 21.6 Å². The Kier molecular flexibility index (Phi) is 5.38. The minimum Gasteiger partial charge on any atom is -0.310 e. The van der Waals surface area contributed by atoms with Gasteiger partial charge in [0.25, 0.3) is 5.56 Å². The Morgan fingerprint density at radius 3 is 3.00 bits per heavy atom. The van der Waals surface area contributed by atoms with Crippen LogP contribution < -0.4 is 10.9 Å². The number of hydrogen-bond donors (Lipinski definition) is 1. The van der Waals surface area contributed by atoms with Gasteiger partial charge >= 0.3 is 0 Å². The maximum absolute atomic E-state index is 13.6. The fourth-order valence-electron chi connectivity index (χ4n) is 4.24. The maximum atomic E-state index is 13.6. The summed E-state index contributed by atoms with van der Waals surface area (Å²) in [4.78, 5) is 24.1. The van der Waals surface area contributed by atoms with Gasteiger partial charge in [0.1, 0.15) is 10.6 Å². The number of pyridine rings is 1. The van der Waals surface area contributed by atoms with E-state index in [1.165, 1.54) is 10.9 Å². The van der Waals surface area contributed by atoms with Gasteiger partial charge in [0, 0.05) is 23.7 Å². The lowest BCUT2D eigenvalue weighted by Gasteiger charge is -2.24. The van der Waals surface area contributed by atoms with Crippen LogP contribution in [-0.2, 0) is 25.9 Å². The maximum Gasteiger partial charge on any atom is 0.262 e. The molecule has 0 unspecified atom stereocenters. The van der Waals surface area contributed by atoms with Crippen molar-refractivity contribution in [2.75, 3.05) is 0 Å². The van der Waals surface area contributed by atoms with Crippen LogP contribution in [0, 0.1) is 12.7 Å². The Hall–Kier alpha value is -2.90. The molecule has 31 heavy (non-hydrogen) atoms. The van der Waals surface area contributed by atoms with E-state index in [2.05, 4.69) is 15.3 Å². The third-order valence-corrected chi connectivity index (χ3v) is 7.15. The third kappa shape index (κ3) is 4.03. The van der Waals surface area contributed by atoms with Gasteiger partial charge in [-0.3, -0.25) is 14.3 Å². The van der Waals surface area contributed by atoms with E-state index < -0.39 is 0 Å². The predicted molar refractivity (Wildman–Crippen MR) is 121 cm³/mol. The number of hydrogen-bond acceptors (Lipinski definition) is 5. The van der Waals surface area contributed by atoms with Gasteiger partial charge in [-0.2, -0.15) is 0 Å². The van der Waals surface area contributed by atoms with Crippen LogP contribution in [0.25, 0.3) is 10.2 Å². The molecule has 0 fully saturated rings. The van der Waals surface area contributed by atoms with Crippen molar-refractivity contribution in [3.63, 3.8) is 0 Å². The van der Waals surface area contributed by atoms with Crippen molar-refractivity contribution in [3.8, 4) is 0 Å². The Balaban J connectivity index is 1.36. The molecule has 5 nitrogen and oxygen atoms in total. The van der Waals surface area contributed by atoms with Gasteiger partial charge in [0.2, 0.25) is 0 Å². The summed E-state index contributed by atoms with van der Waals surface area (Å²) in [6, 6.07) is 10.9. The standard InChI is InChI=1S/C24H23FN4OS/c1-15-5-6-17(25)10-16(15)12-27-18-7-8-20-21(11-18)31-23-22(20)24(30)29(14-28-23)13-19-4-2-3-9-26-19/h2-6,9-10,14,18,27H,7-8,11-13H2,1H3/t18-/m1/s1. The average molecular weight is 435 g/mol. The molecule has 1 N–H and O–H groups in total. The van der Waals surface area contributed by atoms with Crippen LogP contribution >= 0.6 is 11.3 Å². The molecule has 0 bridgehead atoms. The highest BCUT2D eigenvalue weighted by Gasteiger charge is 2.25. The van der Waals surface area contributed by atoms with Crippen LogP contribution in [0.5, 0.6) is 0 Å². The van der Waals surface area contributed by atoms with E-state index in [4.69, 9.17) is 0 Å². The number of fused-ring (bicyclic) bond motifs is 3. The molecule has 0 saturated carbocycles. The molecule has 0 spiro atoms. The van der Waals surface area contributed by atoms with Crippen molar-refractivity contribution in [3.05, 3.63) is 92.4 Å². The highest BCUT2D eigenvalue weighted by molar-refractivity contribution is 7.18. The summed E-state index contributed by atoms with van der Waals surface area (Å²) < 4.78 is 15.2. The van der Waals surface area contributed by atoms with Gasteiger partial charge < -0.3 is 5.32 Å². The van der Waals surface area contributed by atoms with Crippen LogP contribution in [0.3, 0.4) is 0 Å². The Morgan fingerprint density at radius 1 is 1.26 bits per heavy atom. The summed E-state index contributed by atoms with van der Waals surface area (Å²) in [5.74, 6) is -0.203. The smallest absolute Gasteiger partial charge is 0.262 e. The lowest BCUT2D eigenvalue weighted by atomic mass is 9.93. The van der Waals surface area contributed by atoms with Crippen LogP contribution in [0.1, 0.15) is 33.7 Å². The van der Waals surface area contributed by atoms with E-state index in [1.807, 2.05) is 31.2 Å². The zero-order chi connectivity index (χ0) is 21.4. The number of aryl methyl sites for hydroxylation is 2. The molecule has 4 aromatic rings. The lowest BCUT2D eigenvalue weighted by Crippen LogP contribution is -2.34. The number of thiophene rings is 1. The number of aromatic nitrogens is 3. The van der Waals surface area contributed by atoms with Crippen molar-refractivity contribution in [2.24, 2.45) is 0 Å². The lowest BCUT2D eigenvalue weighted by molar-refractivity contribution is 0.461. The fraction of sp³-hybridized carbons (Fsp3) is 0.292. The molecule has 0 radical (unpaired) electrons. The Bertz CT molecular complexity index is 1300. The SMILES string of the molecule is Cc1ccc(F)cc1CN[C@@H]1CCc2c(sc3ncn(Cc4ccccn4)c(=O)c23)C1. The number of benzene rings is 1. The van der Waals surface area contributed by atoms with E-state index >= 15 is 0 Å². The van der Waals surface area contributed by atoms with Gasteiger partial charge in [0.05, 0.1) is 24.0 Å². The molecule has 1 aliphatic rings. The number of halogens is 1. The first-order valence-electron chi connectivity index (χ1n) is 10.5. The average Bonchev–Trinajstić information content (AvgIpc) is 3.15. The third-order valence-electron chi connectivity index (χ3n) is 5.99. The molecule has 0 amide bonds. The molecular weight excluding hydrogens is 411 g/mol. The number of nitrogens with one attached hydrogen (secondary N) is 1. The van der Waals surface area contributed by atoms with Gasteiger partial charge in [-0.05, 0) is 67.1 Å². The highest BCUT2D eigenvalue weighted by atomic mass is 32.1. The first-order valence-corrected chi connectivity index (χ1v) is 11.3. The van der Waals surface area contributed by atoms with E-state index in [0.29, 0.717) is 19.1 Å². The second-order valence-electron chi connectivity index (χ2n) is 8.07. The summed E-state index contributed by atoms with van der Waals surface area (Å²) in [5.41, 5.74) is 4.07. The second kappa shape index (κ2) is 8.32. The van der Waals surface area contributed by atoms with Gasteiger partial charge in [-0.25, -0.2) is 9.37 Å². The van der Waals surface area contributed by atoms with Crippen molar-refractivity contribution < 1.29 is 4.39 Å². The largest absolute Gasteiger partial charge is 0.310 e. The van der Waals surface area contributed by atoms with E-state index in [-0.39, 0.29) is 11.4 Å². The van der Waals surface area contributed by atoms with Gasteiger partial charge in [-0.1, -0.05) is 12.1 Å². The van der Waals surface area contributed by atoms with Crippen molar-refractivity contribution in [1.29, 1.82) is 0 Å². The van der Waals surface area contributed by atoms with Gasteiger partial charge in [0.15, 0.2) is 0 Å². The normalized spacial score (nSPS) is 15.9. The quantitative estimate of drug-likeness (QED) is 0.516. The zero-order valence-electron chi connectivity index (χ0n) is 17.3. The predicted octanol–water partition coefficient (Wildman–Crippen LogP) is 4.00. The van der Waals surface area contributed by atoms with Crippen LogP contribution in [-0.4, -0.2) is 20.6 Å². The van der Waals surface area contributed by atoms with Gasteiger partial charge in [-0.15, -0.1) is 11.3 Å². The Labute approximate surface area is 183 Å². The minimum absolute atomic E-state index is 0.00921. The molecule has 0 aliphatic heterocycles. The molecule has 1 aliphatic carbocycles. The summed E-state index contributed by atoms with van der Waals surface area (Å²) in [7, 11) is 0. The molecular formula is C24H23FN4OS. The first-order chi connectivity index (χ1) is 15.1. The molecule has 7 heteroatoms. The van der Waals surface area contributed by atoms with Crippen LogP contribution in [0.4, 0.5) is 4.39 Å². The zero-order valence-corrected chi connectivity index (χ0v) is 18.1. The summed E-state index contributed by atoms with van der Waals surface area (Å²) in [6.07, 6.45) is 6.02. The van der Waals surface area contributed by atoms with Crippen LogP contribution in [0.2, 0.25) is 0 Å². The van der Waals surface area contributed by atoms with Crippen molar-refractivity contribution in [1.82, 2.24) is 19.9 Å². The molecule has 3 heterocycles. The summed E-state index contributed by atoms with van der Waals surface area (Å²) in [5, 5.41) is 4.34. The number of rotatable bonds is 5. The minimum atomic E-state index is -0.203. The van der Waals surface area contributed by atoms with Crippen LogP contribution in [0.15, 0.2) is 53.7 Å². The monoisotopic (exact) mass is 434 g/mol. The van der Waals surface area contributed by atoms with Crippen molar-refractivity contribution in [2.45, 2.75) is 45.3 Å². The number of nitrogens with zero attached hydrogens (tertiary/aromatic N) is 3. The topological polar surface area (TPSA) is 59.8 Å². The fourth-order valence-corrected chi connectivity index (χ4v) is 5.50. The van der Waals surface area contributed by atoms with E-state index in [0.717, 1.165) is 51.9 Å². The van der Waals surface area contributed by atoms with E-state index in [9.17, 15) is 9.18 Å². The highest BCUT2D eigenvalue weighted by Crippen LogP contribution is 2.33. The molecule has 158 valence electrons. The molecule has 0 saturated heterocycles. The first kappa shape index (κ1) is 20.0.